The van der Waals surface area contributed by atoms with Gasteiger partial charge in [-0.2, -0.15) is 5.26 Å². The van der Waals surface area contributed by atoms with Gasteiger partial charge in [-0.15, -0.1) is 0 Å². The summed E-state index contributed by atoms with van der Waals surface area (Å²) in [5.41, 5.74) is 5.98. The number of nitrogens with zero attached hydrogens (tertiary/aromatic N) is 3. The van der Waals surface area contributed by atoms with Crippen molar-refractivity contribution in [3.63, 3.8) is 0 Å². The van der Waals surface area contributed by atoms with Crippen molar-refractivity contribution in [2.45, 2.75) is 32.7 Å². The van der Waals surface area contributed by atoms with Gasteiger partial charge in [0.05, 0.1) is 6.04 Å². The van der Waals surface area contributed by atoms with Crippen molar-refractivity contribution < 1.29 is 4.79 Å². The zero-order valence-corrected chi connectivity index (χ0v) is 21.2. The van der Waals surface area contributed by atoms with Crippen LogP contribution >= 0.6 is 0 Å². The summed E-state index contributed by atoms with van der Waals surface area (Å²) in [5.74, 6) is -0.215. The molecule has 0 atom stereocenters. The summed E-state index contributed by atoms with van der Waals surface area (Å²) in [6.45, 7) is 6.87. The molecular formula is C31H34N4O. The third-order valence-electron chi connectivity index (χ3n) is 6.91. The van der Waals surface area contributed by atoms with Crippen LogP contribution in [0.2, 0.25) is 0 Å². The lowest BCUT2D eigenvalue weighted by Crippen LogP contribution is -2.50. The molecule has 0 aromatic heterocycles. The van der Waals surface area contributed by atoms with Crippen LogP contribution in [0.1, 0.15) is 42.1 Å². The molecule has 3 aromatic rings. The molecule has 1 aliphatic heterocycles. The van der Waals surface area contributed by atoms with E-state index in [1.165, 1.54) is 22.3 Å². The van der Waals surface area contributed by atoms with Gasteiger partial charge in [-0.05, 0) is 35.1 Å². The molecule has 5 nitrogen and oxygen atoms in total. The van der Waals surface area contributed by atoms with E-state index in [0.717, 1.165) is 31.6 Å². The summed E-state index contributed by atoms with van der Waals surface area (Å²) in [5, 5.41) is 13.1. The van der Waals surface area contributed by atoms with Crippen molar-refractivity contribution >= 4 is 11.6 Å². The summed E-state index contributed by atoms with van der Waals surface area (Å²) in [6, 6.07) is 29.5. The molecule has 0 radical (unpaired) electrons. The number of amides is 1. The van der Waals surface area contributed by atoms with Crippen LogP contribution in [0.3, 0.4) is 0 Å². The summed E-state index contributed by atoms with van der Waals surface area (Å²) < 4.78 is 0. The Hall–Kier alpha value is -3.88. The average molecular weight is 479 g/mol. The summed E-state index contributed by atoms with van der Waals surface area (Å²) in [7, 11) is 0. The van der Waals surface area contributed by atoms with Crippen LogP contribution in [-0.4, -0.2) is 41.9 Å². The highest BCUT2D eigenvalue weighted by Gasteiger charge is 2.29. The first kappa shape index (κ1) is 25.2. The Balaban J connectivity index is 1.47. The van der Waals surface area contributed by atoms with E-state index in [0.29, 0.717) is 13.1 Å². The third kappa shape index (κ3) is 5.67. The van der Waals surface area contributed by atoms with Crippen molar-refractivity contribution in [1.82, 2.24) is 9.80 Å². The number of benzene rings is 3. The van der Waals surface area contributed by atoms with Crippen LogP contribution in [0, 0.1) is 11.3 Å². The van der Waals surface area contributed by atoms with Gasteiger partial charge in [0.2, 0.25) is 0 Å². The molecule has 36 heavy (non-hydrogen) atoms. The topological polar surface area (TPSA) is 59.4 Å². The lowest BCUT2D eigenvalue weighted by molar-refractivity contribution is -0.128. The Morgan fingerprint density at radius 3 is 1.86 bits per heavy atom. The zero-order valence-electron chi connectivity index (χ0n) is 21.2. The Morgan fingerprint density at radius 1 is 0.861 bits per heavy atom. The van der Waals surface area contributed by atoms with E-state index in [-0.39, 0.29) is 17.5 Å². The predicted octanol–water partition coefficient (Wildman–Crippen LogP) is 5.56. The normalized spacial score (nSPS) is 14.5. The molecule has 184 valence electrons. The van der Waals surface area contributed by atoms with Crippen LogP contribution in [0.4, 0.5) is 5.69 Å². The fourth-order valence-corrected chi connectivity index (χ4v) is 4.95. The standard InChI is InChI=1S/C31H34N4O/c1-3-24-16-11-17-25(4-2)29(24)33-23-28(22-32)31(36)35-20-18-34(19-21-35)30(26-12-7-5-8-13-26)27-14-9-6-10-15-27/h5-17,23,30,33H,3-4,18-21H2,1-2H3/b28-23-. The van der Waals surface area contributed by atoms with E-state index in [1.807, 2.05) is 12.1 Å². The summed E-state index contributed by atoms with van der Waals surface area (Å²) in [6.07, 6.45) is 3.34. The third-order valence-corrected chi connectivity index (χ3v) is 6.91. The van der Waals surface area contributed by atoms with Gasteiger partial charge < -0.3 is 10.2 Å². The maximum Gasteiger partial charge on any atom is 0.266 e. The van der Waals surface area contributed by atoms with E-state index in [2.05, 4.69) is 96.9 Å². The van der Waals surface area contributed by atoms with Gasteiger partial charge in [0.25, 0.3) is 5.91 Å². The Morgan fingerprint density at radius 2 is 1.39 bits per heavy atom. The van der Waals surface area contributed by atoms with Gasteiger partial charge in [0.15, 0.2) is 0 Å². The zero-order chi connectivity index (χ0) is 25.3. The van der Waals surface area contributed by atoms with Crippen LogP contribution in [-0.2, 0) is 17.6 Å². The van der Waals surface area contributed by atoms with Crippen LogP contribution in [0.5, 0.6) is 0 Å². The SMILES string of the molecule is CCc1cccc(CC)c1N/C=C(/C#N)C(=O)N1CCN(C(c2ccccc2)c2ccccc2)CC1. The number of piperazine rings is 1. The molecule has 1 heterocycles. The molecule has 0 bridgehead atoms. The minimum absolute atomic E-state index is 0.135. The average Bonchev–Trinajstić information content (AvgIpc) is 2.95. The van der Waals surface area contributed by atoms with Crippen molar-refractivity contribution in [1.29, 1.82) is 5.26 Å². The van der Waals surface area contributed by atoms with Crippen LogP contribution < -0.4 is 5.32 Å². The number of carbonyl (C=O) groups excluding carboxylic acids is 1. The number of hydrogen-bond acceptors (Lipinski definition) is 4. The molecule has 1 amide bonds. The monoisotopic (exact) mass is 478 g/mol. The maximum absolute atomic E-state index is 13.3. The minimum atomic E-state index is -0.215. The molecular weight excluding hydrogens is 444 g/mol. The van der Waals surface area contributed by atoms with Gasteiger partial charge >= 0.3 is 0 Å². The maximum atomic E-state index is 13.3. The highest BCUT2D eigenvalue weighted by atomic mass is 16.2. The molecule has 1 N–H and O–H groups in total. The van der Waals surface area contributed by atoms with Crippen LogP contribution in [0.25, 0.3) is 0 Å². The largest absolute Gasteiger partial charge is 0.360 e. The minimum Gasteiger partial charge on any atom is -0.360 e. The number of anilines is 1. The van der Waals surface area contributed by atoms with Crippen molar-refractivity contribution in [2.24, 2.45) is 0 Å². The first-order chi connectivity index (χ1) is 17.7. The Bertz CT molecular complexity index is 1160. The van der Waals surface area contributed by atoms with E-state index < -0.39 is 0 Å². The molecule has 1 saturated heterocycles. The van der Waals surface area contributed by atoms with E-state index >= 15 is 0 Å². The van der Waals surface area contributed by atoms with Gasteiger partial charge in [-0.3, -0.25) is 9.69 Å². The Labute approximate surface area is 214 Å². The fourth-order valence-electron chi connectivity index (χ4n) is 4.95. The molecule has 0 aliphatic carbocycles. The molecule has 0 saturated carbocycles. The predicted molar refractivity (Wildman–Crippen MR) is 145 cm³/mol. The van der Waals surface area contributed by atoms with Crippen molar-refractivity contribution in [3.05, 3.63) is 113 Å². The van der Waals surface area contributed by atoms with Gasteiger partial charge in [-0.1, -0.05) is 92.7 Å². The molecule has 1 fully saturated rings. The van der Waals surface area contributed by atoms with Crippen molar-refractivity contribution in [2.75, 3.05) is 31.5 Å². The van der Waals surface area contributed by atoms with Crippen LogP contribution in [0.15, 0.2) is 90.6 Å². The number of hydrogen-bond donors (Lipinski definition) is 1. The molecule has 0 spiro atoms. The quantitative estimate of drug-likeness (QED) is 0.340. The Kier molecular flexibility index (Phi) is 8.54. The van der Waals surface area contributed by atoms with Gasteiger partial charge in [0, 0.05) is 38.1 Å². The van der Waals surface area contributed by atoms with E-state index in [4.69, 9.17) is 0 Å². The molecule has 0 unspecified atom stereocenters. The van der Waals surface area contributed by atoms with Gasteiger partial charge in [-0.25, -0.2) is 0 Å². The fraction of sp³-hybridized carbons (Fsp3) is 0.290. The summed E-state index contributed by atoms with van der Waals surface area (Å²) >= 11 is 0. The first-order valence-corrected chi connectivity index (χ1v) is 12.8. The van der Waals surface area contributed by atoms with E-state index in [9.17, 15) is 10.1 Å². The second-order valence-electron chi connectivity index (χ2n) is 9.02. The summed E-state index contributed by atoms with van der Waals surface area (Å²) in [4.78, 5) is 17.5. The molecule has 3 aromatic carbocycles. The number of aryl methyl sites for hydroxylation is 2. The van der Waals surface area contributed by atoms with E-state index in [1.54, 1.807) is 11.1 Å². The number of carbonyl (C=O) groups is 1. The smallest absolute Gasteiger partial charge is 0.266 e. The number of para-hydroxylation sites is 1. The number of rotatable bonds is 8. The molecule has 4 rings (SSSR count). The highest BCUT2D eigenvalue weighted by molar-refractivity contribution is 5.97. The van der Waals surface area contributed by atoms with Crippen molar-refractivity contribution in [3.8, 4) is 6.07 Å². The first-order valence-electron chi connectivity index (χ1n) is 12.8. The second kappa shape index (κ2) is 12.2. The second-order valence-corrected chi connectivity index (χ2v) is 9.02. The number of nitrogens with one attached hydrogen (secondary N) is 1. The highest BCUT2D eigenvalue weighted by Crippen LogP contribution is 2.29. The molecule has 5 heteroatoms. The van der Waals surface area contributed by atoms with Gasteiger partial charge in [0.1, 0.15) is 11.6 Å². The lowest BCUT2D eigenvalue weighted by atomic mass is 9.96. The molecule has 1 aliphatic rings. The lowest BCUT2D eigenvalue weighted by Gasteiger charge is -2.39. The number of nitriles is 1.